The largest absolute Gasteiger partial charge is 0.416 e. The van der Waals surface area contributed by atoms with E-state index in [9.17, 15) is 31.5 Å². The van der Waals surface area contributed by atoms with E-state index < -0.39 is 48.8 Å². The molecule has 3 aromatic rings. The molecule has 2 fully saturated rings. The Bertz CT molecular complexity index is 1370. The molecular formula is C23H21F5N6O3. The Hall–Kier alpha value is -3.81. The first-order valence-electron chi connectivity index (χ1n) is 11.3. The fourth-order valence-electron chi connectivity index (χ4n) is 4.54. The molecule has 2 aliphatic rings. The van der Waals surface area contributed by atoms with E-state index in [4.69, 9.17) is 10.5 Å². The SMILES string of the molecule is Nc1cc(C(=O)N2CC(c3nn(CC(=O)N4CCO[C@H](C(F)(F)F)C4)c4cc(F)cc(F)c34)C2)ccn1. The average molecular weight is 524 g/mol. The molecule has 196 valence electrons. The number of anilines is 1. The Morgan fingerprint density at radius 3 is 2.57 bits per heavy atom. The maximum absolute atomic E-state index is 14.8. The molecule has 1 aromatic carbocycles. The number of nitrogens with two attached hydrogens (primary N) is 1. The van der Waals surface area contributed by atoms with Gasteiger partial charge < -0.3 is 20.3 Å². The van der Waals surface area contributed by atoms with Gasteiger partial charge in [-0.15, -0.1) is 0 Å². The van der Waals surface area contributed by atoms with E-state index in [2.05, 4.69) is 10.1 Å². The van der Waals surface area contributed by atoms with Crippen LogP contribution >= 0.6 is 0 Å². The summed E-state index contributed by atoms with van der Waals surface area (Å²) in [6.45, 7) is -1.17. The molecule has 1 atom stereocenters. The van der Waals surface area contributed by atoms with Crippen molar-refractivity contribution in [3.63, 3.8) is 0 Å². The number of ether oxygens (including phenoxy) is 1. The first-order valence-corrected chi connectivity index (χ1v) is 11.3. The summed E-state index contributed by atoms with van der Waals surface area (Å²) in [5.41, 5.74) is 6.19. The number of rotatable bonds is 4. The topological polar surface area (TPSA) is 107 Å². The van der Waals surface area contributed by atoms with Crippen LogP contribution in [-0.4, -0.2) is 81.4 Å². The summed E-state index contributed by atoms with van der Waals surface area (Å²) >= 11 is 0. The number of carbonyl (C=O) groups is 2. The van der Waals surface area contributed by atoms with Gasteiger partial charge >= 0.3 is 6.18 Å². The molecule has 2 aromatic heterocycles. The smallest absolute Gasteiger partial charge is 0.384 e. The number of alkyl halides is 3. The molecule has 2 aliphatic heterocycles. The van der Waals surface area contributed by atoms with E-state index in [0.717, 1.165) is 15.6 Å². The summed E-state index contributed by atoms with van der Waals surface area (Å²) in [6.07, 6.45) is -5.34. The number of fused-ring (bicyclic) bond motifs is 1. The van der Waals surface area contributed by atoms with Crippen LogP contribution in [0.25, 0.3) is 10.9 Å². The van der Waals surface area contributed by atoms with Crippen LogP contribution < -0.4 is 5.73 Å². The van der Waals surface area contributed by atoms with E-state index in [-0.39, 0.29) is 54.6 Å². The Balaban J connectivity index is 1.37. The maximum atomic E-state index is 14.8. The number of hydrogen-bond acceptors (Lipinski definition) is 6. The Labute approximate surface area is 206 Å². The van der Waals surface area contributed by atoms with Crippen molar-refractivity contribution in [3.05, 3.63) is 53.4 Å². The number of nitrogens with zero attached hydrogens (tertiary/aromatic N) is 5. The highest BCUT2D eigenvalue weighted by Crippen LogP contribution is 2.35. The number of morpholine rings is 1. The van der Waals surface area contributed by atoms with Gasteiger partial charge in [-0.1, -0.05) is 0 Å². The third-order valence-corrected chi connectivity index (χ3v) is 6.45. The van der Waals surface area contributed by atoms with Crippen molar-refractivity contribution in [2.24, 2.45) is 0 Å². The van der Waals surface area contributed by atoms with Gasteiger partial charge in [0.2, 0.25) is 5.91 Å². The summed E-state index contributed by atoms with van der Waals surface area (Å²) in [5.74, 6) is -3.00. The van der Waals surface area contributed by atoms with Crippen LogP contribution in [0.3, 0.4) is 0 Å². The number of likely N-dealkylation sites (tertiary alicyclic amines) is 1. The van der Waals surface area contributed by atoms with Crippen molar-refractivity contribution >= 4 is 28.5 Å². The third kappa shape index (κ3) is 4.80. The first-order chi connectivity index (χ1) is 17.5. The first kappa shape index (κ1) is 24.9. The summed E-state index contributed by atoms with van der Waals surface area (Å²) in [6, 6.07) is 4.65. The summed E-state index contributed by atoms with van der Waals surface area (Å²) in [4.78, 5) is 31.9. The van der Waals surface area contributed by atoms with Gasteiger partial charge in [0.15, 0.2) is 6.10 Å². The molecule has 0 unspecified atom stereocenters. The van der Waals surface area contributed by atoms with E-state index in [0.29, 0.717) is 11.6 Å². The number of nitrogen functional groups attached to an aromatic ring is 1. The van der Waals surface area contributed by atoms with Crippen molar-refractivity contribution in [1.82, 2.24) is 24.6 Å². The number of benzene rings is 1. The molecule has 9 nitrogen and oxygen atoms in total. The van der Waals surface area contributed by atoms with Crippen molar-refractivity contribution in [2.45, 2.75) is 24.7 Å². The molecule has 2 saturated heterocycles. The van der Waals surface area contributed by atoms with Crippen LogP contribution in [0.4, 0.5) is 27.8 Å². The zero-order chi connectivity index (χ0) is 26.5. The second kappa shape index (κ2) is 9.25. The number of aromatic nitrogens is 3. The van der Waals surface area contributed by atoms with Crippen LogP contribution in [0.1, 0.15) is 22.0 Å². The molecule has 2 N–H and O–H groups in total. The fourth-order valence-corrected chi connectivity index (χ4v) is 4.54. The van der Waals surface area contributed by atoms with Crippen LogP contribution in [-0.2, 0) is 16.1 Å². The molecule has 0 bridgehead atoms. The molecule has 14 heteroatoms. The lowest BCUT2D eigenvalue weighted by Gasteiger charge is -2.38. The summed E-state index contributed by atoms with van der Waals surface area (Å²) < 4.78 is 73.9. The Morgan fingerprint density at radius 1 is 1.11 bits per heavy atom. The molecule has 4 heterocycles. The van der Waals surface area contributed by atoms with Crippen molar-refractivity contribution in [2.75, 3.05) is 38.5 Å². The van der Waals surface area contributed by atoms with Crippen molar-refractivity contribution in [1.29, 1.82) is 0 Å². The fraction of sp³-hybridized carbons (Fsp3) is 0.391. The minimum atomic E-state index is -4.63. The van der Waals surface area contributed by atoms with Gasteiger partial charge in [0.05, 0.1) is 29.7 Å². The predicted molar refractivity (Wildman–Crippen MR) is 119 cm³/mol. The number of hydrogen-bond donors (Lipinski definition) is 1. The average Bonchev–Trinajstić information content (AvgIpc) is 3.15. The minimum Gasteiger partial charge on any atom is -0.384 e. The number of pyridine rings is 1. The third-order valence-electron chi connectivity index (χ3n) is 6.45. The van der Waals surface area contributed by atoms with E-state index in [1.807, 2.05) is 0 Å². The van der Waals surface area contributed by atoms with Gasteiger partial charge in [0, 0.05) is 49.4 Å². The Kier molecular flexibility index (Phi) is 6.22. The van der Waals surface area contributed by atoms with Crippen LogP contribution in [0.15, 0.2) is 30.5 Å². The van der Waals surface area contributed by atoms with Crippen LogP contribution in [0, 0.1) is 11.6 Å². The summed E-state index contributed by atoms with van der Waals surface area (Å²) in [5, 5.41) is 4.33. The molecule has 0 aliphatic carbocycles. The van der Waals surface area contributed by atoms with Gasteiger partial charge in [-0.3, -0.25) is 14.3 Å². The van der Waals surface area contributed by atoms with Gasteiger partial charge in [-0.25, -0.2) is 13.8 Å². The normalized spacial score (nSPS) is 18.8. The van der Waals surface area contributed by atoms with E-state index in [1.54, 1.807) is 0 Å². The van der Waals surface area contributed by atoms with Gasteiger partial charge in [-0.2, -0.15) is 18.3 Å². The standard InChI is InChI=1S/C23H21F5N6O3/c24-14-6-15(25)20-16(7-14)34(11-19(35)32-3-4-37-17(10-32)23(26,27)28)31-21(20)13-8-33(9-13)22(36)12-1-2-30-18(29)5-12/h1-2,5-7,13,17H,3-4,8-11H2,(H2,29,30)/t17-/m0/s1. The van der Waals surface area contributed by atoms with Crippen LogP contribution in [0.5, 0.6) is 0 Å². The quantitative estimate of drug-likeness (QED) is 0.526. The Morgan fingerprint density at radius 2 is 1.86 bits per heavy atom. The molecule has 5 rings (SSSR count). The second-order valence-corrected chi connectivity index (χ2v) is 8.94. The predicted octanol–water partition coefficient (Wildman–Crippen LogP) is 2.32. The molecule has 2 amide bonds. The van der Waals surface area contributed by atoms with Crippen molar-refractivity contribution < 1.29 is 36.3 Å². The molecule has 0 spiro atoms. The van der Waals surface area contributed by atoms with Gasteiger partial charge in [0.1, 0.15) is 24.0 Å². The zero-order valence-corrected chi connectivity index (χ0v) is 19.2. The molecule has 0 radical (unpaired) electrons. The van der Waals surface area contributed by atoms with Gasteiger partial charge in [-0.05, 0) is 12.1 Å². The zero-order valence-electron chi connectivity index (χ0n) is 19.2. The minimum absolute atomic E-state index is 0.00500. The highest BCUT2D eigenvalue weighted by molar-refractivity contribution is 5.95. The maximum Gasteiger partial charge on any atom is 0.416 e. The summed E-state index contributed by atoms with van der Waals surface area (Å²) in [7, 11) is 0. The number of halogens is 5. The lowest BCUT2D eigenvalue weighted by atomic mass is 9.93. The van der Waals surface area contributed by atoms with Gasteiger partial charge in [0.25, 0.3) is 5.91 Å². The molecular weight excluding hydrogens is 503 g/mol. The lowest BCUT2D eigenvalue weighted by Crippen LogP contribution is -2.51. The molecule has 0 saturated carbocycles. The highest BCUT2D eigenvalue weighted by Gasteiger charge is 2.44. The monoisotopic (exact) mass is 524 g/mol. The lowest BCUT2D eigenvalue weighted by molar-refractivity contribution is -0.236. The molecule has 37 heavy (non-hydrogen) atoms. The number of carbonyl (C=O) groups excluding carboxylic acids is 2. The van der Waals surface area contributed by atoms with Crippen molar-refractivity contribution in [3.8, 4) is 0 Å². The van der Waals surface area contributed by atoms with E-state index in [1.165, 1.54) is 23.2 Å². The second-order valence-electron chi connectivity index (χ2n) is 8.94. The van der Waals surface area contributed by atoms with Crippen LogP contribution in [0.2, 0.25) is 0 Å². The highest BCUT2D eigenvalue weighted by atomic mass is 19.4. The van der Waals surface area contributed by atoms with E-state index >= 15 is 0 Å². The number of amides is 2.